The van der Waals surface area contributed by atoms with E-state index in [9.17, 15) is 9.90 Å². The van der Waals surface area contributed by atoms with Gasteiger partial charge in [-0.25, -0.2) is 0 Å². The molecular weight excluding hydrogens is 244 g/mol. The van der Waals surface area contributed by atoms with Crippen molar-refractivity contribution in [2.24, 2.45) is 0 Å². The number of carbonyl (C=O) groups is 1. The summed E-state index contributed by atoms with van der Waals surface area (Å²) in [6.07, 6.45) is 0. The van der Waals surface area contributed by atoms with Crippen LogP contribution in [-0.4, -0.2) is 5.97 Å². The van der Waals surface area contributed by atoms with Crippen LogP contribution in [0.1, 0.15) is 15.2 Å². The number of hydrogen-bond donors (Lipinski definition) is 0. The summed E-state index contributed by atoms with van der Waals surface area (Å²) in [5.41, 5.74) is 2.03. The fourth-order valence-electron chi connectivity index (χ4n) is 1.50. The summed E-state index contributed by atoms with van der Waals surface area (Å²) in [6, 6.07) is 8.88. The molecule has 4 heteroatoms. The second-order valence-electron chi connectivity index (χ2n) is 3.41. The number of hydrogen-bond acceptors (Lipinski definition) is 3. The Labute approximate surface area is 102 Å². The lowest BCUT2D eigenvalue weighted by Crippen LogP contribution is -2.20. The molecule has 0 N–H and O–H groups in total. The molecule has 0 bridgehead atoms. The highest BCUT2D eigenvalue weighted by atomic mass is 35.5. The van der Waals surface area contributed by atoms with Gasteiger partial charge in [0.1, 0.15) is 0 Å². The molecule has 0 aliphatic carbocycles. The van der Waals surface area contributed by atoms with E-state index in [2.05, 4.69) is 0 Å². The third-order valence-corrected chi connectivity index (χ3v) is 3.59. The van der Waals surface area contributed by atoms with Crippen LogP contribution in [0.25, 0.3) is 10.4 Å². The Hall–Kier alpha value is -1.32. The van der Waals surface area contributed by atoms with Crippen molar-refractivity contribution in [3.8, 4) is 10.4 Å². The van der Waals surface area contributed by atoms with E-state index < -0.39 is 5.97 Å². The largest absolute Gasteiger partial charge is 0.544 e. The van der Waals surface area contributed by atoms with E-state index in [0.717, 1.165) is 16.0 Å². The summed E-state index contributed by atoms with van der Waals surface area (Å²) >= 11 is 7.07. The van der Waals surface area contributed by atoms with Gasteiger partial charge < -0.3 is 9.90 Å². The summed E-state index contributed by atoms with van der Waals surface area (Å²) in [5.74, 6) is -1.14. The molecule has 0 spiro atoms. The van der Waals surface area contributed by atoms with E-state index in [1.165, 1.54) is 11.3 Å². The molecule has 0 unspecified atom stereocenters. The van der Waals surface area contributed by atoms with E-state index in [1.54, 1.807) is 18.2 Å². The van der Waals surface area contributed by atoms with Gasteiger partial charge in [-0.1, -0.05) is 17.7 Å². The number of aryl methyl sites for hydroxylation is 1. The SMILES string of the molecule is Cc1cc(Cl)ccc1-c1ccc(C(=O)[O-])s1. The van der Waals surface area contributed by atoms with Crippen LogP contribution in [0.15, 0.2) is 30.3 Å². The van der Waals surface area contributed by atoms with Gasteiger partial charge in [-0.15, -0.1) is 11.3 Å². The maximum Gasteiger partial charge on any atom is 0.0815 e. The van der Waals surface area contributed by atoms with Crippen molar-refractivity contribution in [3.63, 3.8) is 0 Å². The lowest BCUT2D eigenvalue weighted by atomic mass is 10.1. The van der Waals surface area contributed by atoms with Gasteiger partial charge in [-0.2, -0.15) is 0 Å². The Morgan fingerprint density at radius 3 is 2.62 bits per heavy atom. The van der Waals surface area contributed by atoms with E-state index in [4.69, 9.17) is 11.6 Å². The first-order valence-corrected chi connectivity index (χ1v) is 5.85. The molecule has 2 rings (SSSR count). The molecular formula is C12H8ClO2S-. The molecule has 0 aliphatic heterocycles. The number of aromatic carboxylic acids is 1. The van der Waals surface area contributed by atoms with Crippen LogP contribution in [-0.2, 0) is 0 Å². The molecule has 0 atom stereocenters. The first kappa shape index (κ1) is 11.2. The van der Waals surface area contributed by atoms with Crippen LogP contribution in [0.5, 0.6) is 0 Å². The standard InChI is InChI=1S/C12H9ClO2S/c1-7-6-8(13)2-3-9(7)10-4-5-11(16-10)12(14)15/h2-6H,1H3,(H,14,15)/p-1. The first-order valence-electron chi connectivity index (χ1n) is 4.65. The zero-order valence-electron chi connectivity index (χ0n) is 8.49. The summed E-state index contributed by atoms with van der Waals surface area (Å²) in [4.78, 5) is 11.8. The second kappa shape index (κ2) is 4.28. The van der Waals surface area contributed by atoms with Crippen LogP contribution < -0.4 is 5.11 Å². The van der Waals surface area contributed by atoms with Crippen LogP contribution in [0.4, 0.5) is 0 Å². The molecule has 1 aromatic heterocycles. The van der Waals surface area contributed by atoms with Crippen LogP contribution >= 0.6 is 22.9 Å². The van der Waals surface area contributed by atoms with Crippen molar-refractivity contribution in [2.45, 2.75) is 6.92 Å². The van der Waals surface area contributed by atoms with Gasteiger partial charge in [0.05, 0.1) is 10.8 Å². The fourth-order valence-corrected chi connectivity index (χ4v) is 2.65. The van der Waals surface area contributed by atoms with Gasteiger partial charge in [-0.05, 0) is 42.3 Å². The van der Waals surface area contributed by atoms with Crippen LogP contribution in [0.3, 0.4) is 0 Å². The molecule has 0 saturated carbocycles. The summed E-state index contributed by atoms with van der Waals surface area (Å²) in [7, 11) is 0. The Morgan fingerprint density at radius 2 is 2.06 bits per heavy atom. The highest BCUT2D eigenvalue weighted by molar-refractivity contribution is 7.17. The minimum atomic E-state index is -1.14. The van der Waals surface area contributed by atoms with Crippen molar-refractivity contribution in [1.29, 1.82) is 0 Å². The summed E-state index contributed by atoms with van der Waals surface area (Å²) in [6.45, 7) is 1.94. The molecule has 16 heavy (non-hydrogen) atoms. The molecule has 2 aromatic rings. The lowest BCUT2D eigenvalue weighted by molar-refractivity contribution is -0.254. The molecule has 1 heterocycles. The van der Waals surface area contributed by atoms with Crippen molar-refractivity contribution in [1.82, 2.24) is 0 Å². The van der Waals surface area contributed by atoms with Gasteiger partial charge in [-0.3, -0.25) is 0 Å². The number of rotatable bonds is 2. The predicted octanol–water partition coefficient (Wildman–Crippen LogP) is 2.74. The minimum absolute atomic E-state index is 0.240. The third kappa shape index (κ3) is 2.10. The fraction of sp³-hybridized carbons (Fsp3) is 0.0833. The third-order valence-electron chi connectivity index (χ3n) is 2.26. The maximum atomic E-state index is 10.7. The van der Waals surface area contributed by atoms with Crippen molar-refractivity contribution in [3.05, 3.63) is 45.8 Å². The molecule has 2 nitrogen and oxygen atoms in total. The highest BCUT2D eigenvalue weighted by Gasteiger charge is 2.06. The van der Waals surface area contributed by atoms with Crippen LogP contribution in [0, 0.1) is 6.92 Å². The Bertz CT molecular complexity index is 546. The van der Waals surface area contributed by atoms with Gasteiger partial charge in [0.25, 0.3) is 0 Å². The Balaban J connectivity index is 2.46. The Kier molecular flexibility index (Phi) is 2.99. The van der Waals surface area contributed by atoms with Gasteiger partial charge in [0.15, 0.2) is 0 Å². The zero-order valence-corrected chi connectivity index (χ0v) is 10.1. The second-order valence-corrected chi connectivity index (χ2v) is 4.93. The lowest BCUT2D eigenvalue weighted by Gasteiger charge is -2.03. The van der Waals surface area contributed by atoms with Crippen molar-refractivity contribution >= 4 is 28.9 Å². The normalized spacial score (nSPS) is 10.4. The number of halogens is 1. The molecule has 0 radical (unpaired) electrons. The van der Waals surface area contributed by atoms with E-state index >= 15 is 0 Å². The number of carbonyl (C=O) groups excluding carboxylic acids is 1. The monoisotopic (exact) mass is 251 g/mol. The summed E-state index contributed by atoms with van der Waals surface area (Å²) < 4.78 is 0. The van der Waals surface area contributed by atoms with Crippen molar-refractivity contribution in [2.75, 3.05) is 0 Å². The number of carboxylic acid groups (broad SMARTS) is 1. The average molecular weight is 252 g/mol. The first-order chi connectivity index (χ1) is 7.58. The number of benzene rings is 1. The van der Waals surface area contributed by atoms with Gasteiger partial charge >= 0.3 is 0 Å². The molecule has 0 amide bonds. The number of carboxylic acids is 1. The molecule has 0 saturated heterocycles. The number of thiophene rings is 1. The zero-order chi connectivity index (χ0) is 11.7. The van der Waals surface area contributed by atoms with E-state index in [0.29, 0.717) is 5.02 Å². The van der Waals surface area contributed by atoms with Gasteiger partial charge in [0.2, 0.25) is 0 Å². The minimum Gasteiger partial charge on any atom is -0.544 e. The summed E-state index contributed by atoms with van der Waals surface area (Å²) in [5, 5.41) is 11.3. The van der Waals surface area contributed by atoms with Crippen LogP contribution in [0.2, 0.25) is 5.02 Å². The Morgan fingerprint density at radius 1 is 1.31 bits per heavy atom. The molecule has 1 aromatic carbocycles. The van der Waals surface area contributed by atoms with Gasteiger partial charge in [0, 0.05) is 9.90 Å². The van der Waals surface area contributed by atoms with Crippen molar-refractivity contribution < 1.29 is 9.90 Å². The smallest absolute Gasteiger partial charge is 0.0815 e. The molecule has 0 aliphatic rings. The topological polar surface area (TPSA) is 40.1 Å². The predicted molar refractivity (Wildman–Crippen MR) is 63.8 cm³/mol. The maximum absolute atomic E-state index is 10.7. The molecule has 82 valence electrons. The molecule has 0 fully saturated rings. The quantitative estimate of drug-likeness (QED) is 0.823. The average Bonchev–Trinajstić information content (AvgIpc) is 2.66. The van der Waals surface area contributed by atoms with E-state index in [-0.39, 0.29) is 4.88 Å². The highest BCUT2D eigenvalue weighted by Crippen LogP contribution is 2.31. The van der Waals surface area contributed by atoms with E-state index in [1.807, 2.05) is 19.1 Å².